The van der Waals surface area contributed by atoms with Crippen molar-refractivity contribution in [3.63, 3.8) is 0 Å². The molecule has 2 saturated heterocycles. The molecule has 3 aliphatic carbocycles. The first kappa shape index (κ1) is 30.7. The van der Waals surface area contributed by atoms with Gasteiger partial charge in [-0.05, 0) is 36.3 Å². The van der Waals surface area contributed by atoms with Gasteiger partial charge in [0.2, 0.25) is 11.6 Å². The molecule has 0 aromatic heterocycles. The molecule has 0 bridgehead atoms. The molecule has 0 radical (unpaired) electrons. The van der Waals surface area contributed by atoms with Crippen molar-refractivity contribution >= 4 is 23.5 Å². The molecule has 0 spiro atoms. The fraction of sp³-hybridized carbons (Fsp3) is 0.588. The maximum atomic E-state index is 14.3. The molecule has 236 valence electrons. The minimum absolute atomic E-state index is 0.000217. The third-order valence-electron chi connectivity index (χ3n) is 10.9. The number of ether oxygens (including phenoxy) is 3. The molecule has 1 aromatic carbocycles. The Balaban J connectivity index is 1.39. The summed E-state index contributed by atoms with van der Waals surface area (Å²) in [6.45, 7) is 8.68. The van der Waals surface area contributed by atoms with E-state index in [9.17, 15) is 24.3 Å². The number of Topliss-reactive ketones (excluding diaryl/α,β-unsaturated/α-hetero) is 2. The Morgan fingerprint density at radius 2 is 1.80 bits per heavy atom. The Morgan fingerprint density at radius 1 is 1.09 bits per heavy atom. The normalized spacial score (nSPS) is 36.6. The summed E-state index contributed by atoms with van der Waals surface area (Å²) >= 11 is 0. The van der Waals surface area contributed by atoms with Gasteiger partial charge in [-0.25, -0.2) is 4.79 Å². The van der Waals surface area contributed by atoms with E-state index in [2.05, 4.69) is 17.0 Å². The molecule has 2 unspecified atom stereocenters. The number of cyclic esters (lactones) is 1. The number of esters is 2. The number of nitrogens with zero attached hydrogens (tertiary/aromatic N) is 2. The number of aliphatic hydroxyl groups is 1. The number of ketones is 2. The lowest BCUT2D eigenvalue weighted by atomic mass is 9.50. The number of benzene rings is 1. The number of hydrogen-bond acceptors (Lipinski definition) is 10. The summed E-state index contributed by atoms with van der Waals surface area (Å²) in [5, 5.41) is 11.0. The second-order valence-corrected chi connectivity index (χ2v) is 13.4. The molecule has 1 saturated carbocycles. The topological polar surface area (TPSA) is 123 Å². The Bertz CT molecular complexity index is 1410. The van der Waals surface area contributed by atoms with Gasteiger partial charge in [0.25, 0.3) is 0 Å². The van der Waals surface area contributed by atoms with E-state index in [-0.39, 0.29) is 18.1 Å². The molecule has 10 nitrogen and oxygen atoms in total. The first-order valence-electron chi connectivity index (χ1n) is 15.6. The number of carbonyl (C=O) groups is 4. The van der Waals surface area contributed by atoms with Crippen LogP contribution in [0, 0.1) is 22.7 Å². The number of fused-ring (bicyclic) bond motifs is 4. The fourth-order valence-corrected chi connectivity index (χ4v) is 8.58. The van der Waals surface area contributed by atoms with Crippen LogP contribution < -0.4 is 0 Å². The van der Waals surface area contributed by atoms with Gasteiger partial charge >= 0.3 is 11.9 Å². The quantitative estimate of drug-likeness (QED) is 0.294. The van der Waals surface area contributed by atoms with Gasteiger partial charge < -0.3 is 24.2 Å². The Hall–Kier alpha value is -3.34. The summed E-state index contributed by atoms with van der Waals surface area (Å²) in [5.41, 5.74) is 0.289. The molecule has 2 aliphatic heterocycles. The van der Waals surface area contributed by atoms with Crippen molar-refractivity contribution in [1.82, 2.24) is 9.80 Å². The molecule has 1 aromatic rings. The molecule has 7 atom stereocenters. The number of aliphatic hydroxyl groups excluding tert-OH is 1. The lowest BCUT2D eigenvalue weighted by molar-refractivity contribution is -0.175. The lowest BCUT2D eigenvalue weighted by Gasteiger charge is -2.56. The van der Waals surface area contributed by atoms with Gasteiger partial charge in [-0.2, -0.15) is 0 Å². The number of carbonyl (C=O) groups excluding carboxylic acids is 4. The summed E-state index contributed by atoms with van der Waals surface area (Å²) in [6, 6.07) is 10.2. The number of allylic oxidation sites excluding steroid dienone is 1. The summed E-state index contributed by atoms with van der Waals surface area (Å²) in [7, 11) is 1.49. The standard InChI is InChI=1S/C34H42N2O8/c1-20(37)43-24-16-33(2)23(10-11-25(33)38)27-29(24)34(3)26(19-42-4)44-32(41)22(28(34)31(40)30(27)39)18-36-14-12-35(13-15-36)17-21-8-6-5-7-9-21/h5-9,18,23-26,28,38H,10-17,19H2,1-4H3/b22-18+/t23?,24-,25+,26-,28?,33+,34+/m1/s1. The minimum atomic E-state index is -1.19. The Morgan fingerprint density at radius 3 is 2.45 bits per heavy atom. The predicted octanol–water partition coefficient (Wildman–Crippen LogP) is 2.44. The highest BCUT2D eigenvalue weighted by atomic mass is 16.6. The molecular formula is C34H42N2O8. The number of methoxy groups -OCH3 is 1. The van der Waals surface area contributed by atoms with E-state index >= 15 is 0 Å². The van der Waals surface area contributed by atoms with Gasteiger partial charge in [0.05, 0.1) is 24.2 Å². The molecule has 5 aliphatic rings. The van der Waals surface area contributed by atoms with Crippen molar-refractivity contribution in [1.29, 1.82) is 0 Å². The highest BCUT2D eigenvalue weighted by Crippen LogP contribution is 2.63. The maximum absolute atomic E-state index is 14.3. The van der Waals surface area contributed by atoms with Crippen LogP contribution in [-0.2, 0) is 39.9 Å². The number of piperazine rings is 1. The van der Waals surface area contributed by atoms with E-state index in [1.165, 1.54) is 19.6 Å². The Kier molecular flexibility index (Phi) is 8.05. The highest BCUT2D eigenvalue weighted by molar-refractivity contribution is 6.47. The number of rotatable bonds is 6. The first-order chi connectivity index (χ1) is 21.0. The van der Waals surface area contributed by atoms with Crippen molar-refractivity contribution in [2.75, 3.05) is 39.9 Å². The van der Waals surface area contributed by atoms with E-state index in [0.29, 0.717) is 43.5 Å². The van der Waals surface area contributed by atoms with Gasteiger partial charge in [-0.15, -0.1) is 0 Å². The van der Waals surface area contributed by atoms with E-state index in [0.717, 1.165) is 19.6 Å². The average Bonchev–Trinajstić information content (AvgIpc) is 3.28. The molecule has 2 heterocycles. The van der Waals surface area contributed by atoms with Crippen molar-refractivity contribution < 1.29 is 38.5 Å². The summed E-state index contributed by atoms with van der Waals surface area (Å²) < 4.78 is 17.4. The molecule has 1 N–H and O–H groups in total. The van der Waals surface area contributed by atoms with Crippen LogP contribution in [0.4, 0.5) is 0 Å². The fourth-order valence-electron chi connectivity index (χ4n) is 8.58. The van der Waals surface area contributed by atoms with Gasteiger partial charge in [0.15, 0.2) is 0 Å². The third-order valence-corrected chi connectivity index (χ3v) is 10.9. The number of hydrogen-bond donors (Lipinski definition) is 1. The smallest absolute Gasteiger partial charge is 0.336 e. The van der Waals surface area contributed by atoms with Crippen LogP contribution in [-0.4, -0.2) is 96.6 Å². The summed E-state index contributed by atoms with van der Waals surface area (Å²) in [4.78, 5) is 58.8. The van der Waals surface area contributed by atoms with Crippen LogP contribution in [0.2, 0.25) is 0 Å². The van der Waals surface area contributed by atoms with Gasteiger partial charge in [-0.3, -0.25) is 19.3 Å². The highest BCUT2D eigenvalue weighted by Gasteiger charge is 2.67. The van der Waals surface area contributed by atoms with Crippen molar-refractivity contribution in [2.24, 2.45) is 22.7 Å². The van der Waals surface area contributed by atoms with E-state index in [4.69, 9.17) is 14.2 Å². The molecular weight excluding hydrogens is 564 g/mol. The Labute approximate surface area is 258 Å². The van der Waals surface area contributed by atoms with Crippen LogP contribution in [0.1, 0.15) is 45.6 Å². The van der Waals surface area contributed by atoms with E-state index in [1.54, 1.807) is 6.20 Å². The monoisotopic (exact) mass is 606 g/mol. The van der Waals surface area contributed by atoms with Crippen LogP contribution >= 0.6 is 0 Å². The zero-order valence-corrected chi connectivity index (χ0v) is 25.9. The molecule has 6 rings (SSSR count). The van der Waals surface area contributed by atoms with Crippen LogP contribution in [0.3, 0.4) is 0 Å². The first-order valence-corrected chi connectivity index (χ1v) is 15.6. The van der Waals surface area contributed by atoms with Crippen molar-refractivity contribution in [3.05, 3.63) is 58.8 Å². The second kappa shape index (κ2) is 11.5. The zero-order chi connectivity index (χ0) is 31.4. The molecule has 3 fully saturated rings. The van der Waals surface area contributed by atoms with Crippen LogP contribution in [0.15, 0.2) is 53.3 Å². The van der Waals surface area contributed by atoms with Gasteiger partial charge in [0, 0.05) is 69.4 Å². The van der Waals surface area contributed by atoms with Crippen LogP contribution in [0.25, 0.3) is 0 Å². The van der Waals surface area contributed by atoms with E-state index in [1.807, 2.05) is 36.9 Å². The summed E-state index contributed by atoms with van der Waals surface area (Å²) in [5.74, 6) is -3.99. The molecule has 10 heteroatoms. The van der Waals surface area contributed by atoms with Crippen molar-refractivity contribution in [2.45, 2.75) is 64.9 Å². The largest absolute Gasteiger partial charge is 0.458 e. The van der Waals surface area contributed by atoms with E-state index < -0.39 is 58.6 Å². The third kappa shape index (κ3) is 4.91. The second-order valence-electron chi connectivity index (χ2n) is 13.4. The molecule has 0 amide bonds. The summed E-state index contributed by atoms with van der Waals surface area (Å²) in [6.07, 6.45) is 0.566. The predicted molar refractivity (Wildman–Crippen MR) is 159 cm³/mol. The van der Waals surface area contributed by atoms with Crippen molar-refractivity contribution in [3.8, 4) is 0 Å². The maximum Gasteiger partial charge on any atom is 0.336 e. The van der Waals surface area contributed by atoms with Gasteiger partial charge in [0.1, 0.15) is 12.2 Å². The molecule has 44 heavy (non-hydrogen) atoms. The lowest BCUT2D eigenvalue weighted by Crippen LogP contribution is -2.63. The van der Waals surface area contributed by atoms with Gasteiger partial charge in [-0.1, -0.05) is 44.2 Å². The van der Waals surface area contributed by atoms with Crippen LogP contribution in [0.5, 0.6) is 0 Å². The average molecular weight is 607 g/mol. The zero-order valence-electron chi connectivity index (χ0n) is 25.9. The minimum Gasteiger partial charge on any atom is -0.458 e. The SMILES string of the molecule is COC[C@H]1OC(=O)/C(=C/N2CCN(Cc3ccccc3)CC2)C2C(=O)C(=O)C3=C([C@H](OC(C)=O)C[C@@]4(C)C3CC[C@@H]4O)[C@]21C.